The fourth-order valence-electron chi connectivity index (χ4n) is 3.40. The number of rotatable bonds is 7. The quantitative estimate of drug-likeness (QED) is 0.699. The molecule has 1 N–H and O–H groups in total. The number of hydrogen-bond acceptors (Lipinski definition) is 3. The van der Waals surface area contributed by atoms with Crippen LogP contribution >= 0.6 is 0 Å². The van der Waals surface area contributed by atoms with Crippen molar-refractivity contribution >= 4 is 23.6 Å². The zero-order valence-electron chi connectivity index (χ0n) is 17.4. The van der Waals surface area contributed by atoms with Crippen LogP contribution in [0.2, 0.25) is 0 Å². The van der Waals surface area contributed by atoms with Gasteiger partial charge in [-0.25, -0.2) is 4.39 Å². The van der Waals surface area contributed by atoms with Gasteiger partial charge in [0, 0.05) is 24.9 Å². The maximum Gasteiger partial charge on any atom is 0.247 e. The summed E-state index contributed by atoms with van der Waals surface area (Å²) in [7, 11) is 0. The zero-order chi connectivity index (χ0) is 21.5. The van der Waals surface area contributed by atoms with E-state index in [0.717, 1.165) is 29.7 Å². The number of nitrogens with one attached hydrogen (secondary N) is 1. The largest absolute Gasteiger partial charge is 0.376 e. The van der Waals surface area contributed by atoms with Gasteiger partial charge in [-0.05, 0) is 67.7 Å². The van der Waals surface area contributed by atoms with Gasteiger partial charge in [-0.1, -0.05) is 24.3 Å². The van der Waals surface area contributed by atoms with Crippen LogP contribution < -0.4 is 5.32 Å². The Morgan fingerprint density at radius 3 is 2.77 bits per heavy atom. The normalized spacial score (nSPS) is 16.0. The molecular weight excluding hydrogens is 383 g/mol. The number of halogens is 1. The molecule has 1 atom stereocenters. The van der Waals surface area contributed by atoms with E-state index in [4.69, 9.17) is 4.74 Å². The van der Waals surface area contributed by atoms with E-state index in [1.165, 1.54) is 23.1 Å². The topological polar surface area (TPSA) is 58.6 Å². The van der Waals surface area contributed by atoms with Crippen molar-refractivity contribution in [1.82, 2.24) is 4.90 Å². The summed E-state index contributed by atoms with van der Waals surface area (Å²) < 4.78 is 19.0. The highest BCUT2D eigenvalue weighted by atomic mass is 19.1. The number of benzene rings is 2. The number of ether oxygens (including phenoxy) is 1. The van der Waals surface area contributed by atoms with Crippen molar-refractivity contribution in [2.45, 2.75) is 32.8 Å². The van der Waals surface area contributed by atoms with E-state index >= 15 is 0 Å². The number of carbonyl (C=O) groups is 2. The summed E-state index contributed by atoms with van der Waals surface area (Å²) >= 11 is 0. The van der Waals surface area contributed by atoms with Crippen LogP contribution in [0.15, 0.2) is 48.5 Å². The molecule has 30 heavy (non-hydrogen) atoms. The maximum atomic E-state index is 13.4. The predicted molar refractivity (Wildman–Crippen MR) is 116 cm³/mol. The molecule has 158 valence electrons. The summed E-state index contributed by atoms with van der Waals surface area (Å²) in [5.41, 5.74) is 3.40. The Hall–Kier alpha value is -2.99. The number of carbonyl (C=O) groups excluding carboxylic acids is 2. The molecule has 1 saturated heterocycles. The number of nitrogens with zero attached hydrogens (tertiary/aromatic N) is 1. The minimum Gasteiger partial charge on any atom is -0.376 e. The monoisotopic (exact) mass is 410 g/mol. The smallest absolute Gasteiger partial charge is 0.247 e. The zero-order valence-corrected chi connectivity index (χ0v) is 17.4. The van der Waals surface area contributed by atoms with Gasteiger partial charge >= 0.3 is 0 Å². The van der Waals surface area contributed by atoms with Crippen molar-refractivity contribution in [3.05, 3.63) is 71.0 Å². The second-order valence-corrected chi connectivity index (χ2v) is 7.54. The third kappa shape index (κ3) is 6.00. The summed E-state index contributed by atoms with van der Waals surface area (Å²) in [5, 5.41) is 2.90. The van der Waals surface area contributed by atoms with Gasteiger partial charge in [0.15, 0.2) is 0 Å². The molecule has 1 aliphatic rings. The lowest BCUT2D eigenvalue weighted by Crippen LogP contribution is -2.41. The SMILES string of the molecule is Cc1cccc(NC(=O)CN(C[C@H]2CCCO2)C(=O)/C=C/c2cccc(F)c2)c1C. The molecule has 0 saturated carbocycles. The first-order chi connectivity index (χ1) is 14.4. The Labute approximate surface area is 176 Å². The summed E-state index contributed by atoms with van der Waals surface area (Å²) in [6, 6.07) is 11.7. The molecule has 1 fully saturated rings. The molecule has 2 aromatic carbocycles. The molecule has 0 aliphatic carbocycles. The molecule has 0 radical (unpaired) electrons. The third-order valence-electron chi connectivity index (χ3n) is 5.24. The molecule has 0 unspecified atom stereocenters. The highest BCUT2D eigenvalue weighted by Crippen LogP contribution is 2.18. The molecular formula is C24H27FN2O3. The van der Waals surface area contributed by atoms with Crippen LogP contribution in [0.25, 0.3) is 6.08 Å². The van der Waals surface area contributed by atoms with Gasteiger partial charge in [-0.3, -0.25) is 9.59 Å². The van der Waals surface area contributed by atoms with Gasteiger partial charge in [-0.15, -0.1) is 0 Å². The van der Waals surface area contributed by atoms with Gasteiger partial charge < -0.3 is 15.0 Å². The molecule has 2 aromatic rings. The van der Waals surface area contributed by atoms with Gasteiger partial charge in [0.05, 0.1) is 6.10 Å². The summed E-state index contributed by atoms with van der Waals surface area (Å²) in [5.74, 6) is -0.950. The summed E-state index contributed by atoms with van der Waals surface area (Å²) in [6.45, 7) is 4.85. The minimum absolute atomic E-state index is 0.0787. The first kappa shape index (κ1) is 21.7. The van der Waals surface area contributed by atoms with Gasteiger partial charge in [-0.2, -0.15) is 0 Å². The second kappa shape index (κ2) is 10.2. The van der Waals surface area contributed by atoms with Crippen molar-refractivity contribution in [2.75, 3.05) is 25.0 Å². The van der Waals surface area contributed by atoms with E-state index in [1.807, 2.05) is 32.0 Å². The average Bonchev–Trinajstić information content (AvgIpc) is 3.22. The number of anilines is 1. The van der Waals surface area contributed by atoms with Crippen LogP contribution in [0.1, 0.15) is 29.5 Å². The Bertz CT molecular complexity index is 936. The standard InChI is InChI=1S/C24H27FN2O3/c1-17-6-3-10-22(18(17)2)26-23(28)16-27(15-21-9-5-13-30-21)24(29)12-11-19-7-4-8-20(25)14-19/h3-4,6-8,10-12,14,21H,5,9,13,15-16H2,1-2H3,(H,26,28)/b12-11+/t21-/m1/s1. The van der Waals surface area contributed by atoms with E-state index in [0.29, 0.717) is 18.7 Å². The Morgan fingerprint density at radius 2 is 2.03 bits per heavy atom. The van der Waals surface area contributed by atoms with E-state index in [2.05, 4.69) is 5.32 Å². The van der Waals surface area contributed by atoms with Crippen molar-refractivity contribution < 1.29 is 18.7 Å². The van der Waals surface area contributed by atoms with Crippen molar-refractivity contribution in [3.8, 4) is 0 Å². The van der Waals surface area contributed by atoms with E-state index in [9.17, 15) is 14.0 Å². The molecule has 1 heterocycles. The lowest BCUT2D eigenvalue weighted by molar-refractivity contribution is -0.131. The molecule has 6 heteroatoms. The van der Waals surface area contributed by atoms with E-state index in [1.54, 1.807) is 18.2 Å². The highest BCUT2D eigenvalue weighted by Gasteiger charge is 2.23. The van der Waals surface area contributed by atoms with Crippen molar-refractivity contribution in [1.29, 1.82) is 0 Å². The van der Waals surface area contributed by atoms with Crippen LogP contribution in [-0.4, -0.2) is 42.5 Å². The fourth-order valence-corrected chi connectivity index (χ4v) is 3.40. The molecule has 0 aromatic heterocycles. The van der Waals surface area contributed by atoms with Crippen molar-refractivity contribution in [2.24, 2.45) is 0 Å². The van der Waals surface area contributed by atoms with Crippen molar-refractivity contribution in [3.63, 3.8) is 0 Å². The van der Waals surface area contributed by atoms with Crippen LogP contribution in [0.4, 0.5) is 10.1 Å². The van der Waals surface area contributed by atoms with Gasteiger partial charge in [0.25, 0.3) is 0 Å². The van der Waals surface area contributed by atoms with Gasteiger partial charge in [0.1, 0.15) is 12.4 Å². The Kier molecular flexibility index (Phi) is 7.36. The predicted octanol–water partition coefficient (Wildman–Crippen LogP) is 4.10. The Morgan fingerprint density at radius 1 is 1.23 bits per heavy atom. The Balaban J connectivity index is 1.70. The number of hydrogen-bond donors (Lipinski definition) is 1. The molecule has 5 nitrogen and oxygen atoms in total. The lowest BCUT2D eigenvalue weighted by Gasteiger charge is -2.24. The first-order valence-electron chi connectivity index (χ1n) is 10.1. The number of aryl methyl sites for hydroxylation is 1. The molecule has 0 bridgehead atoms. The van der Waals surface area contributed by atoms with Crippen LogP contribution in [0.5, 0.6) is 0 Å². The van der Waals surface area contributed by atoms with E-state index < -0.39 is 0 Å². The highest BCUT2D eigenvalue weighted by molar-refractivity contribution is 5.98. The second-order valence-electron chi connectivity index (χ2n) is 7.54. The molecule has 3 rings (SSSR count). The number of amides is 2. The molecule has 2 amide bonds. The van der Waals surface area contributed by atoms with Crippen LogP contribution in [0.3, 0.4) is 0 Å². The summed E-state index contributed by atoms with van der Waals surface area (Å²) in [4.78, 5) is 27.0. The third-order valence-corrected chi connectivity index (χ3v) is 5.24. The fraction of sp³-hybridized carbons (Fsp3) is 0.333. The van der Waals surface area contributed by atoms with E-state index in [-0.39, 0.29) is 30.3 Å². The summed E-state index contributed by atoms with van der Waals surface area (Å²) in [6.07, 6.45) is 4.65. The minimum atomic E-state index is -0.367. The molecule has 1 aliphatic heterocycles. The molecule has 0 spiro atoms. The average molecular weight is 410 g/mol. The first-order valence-corrected chi connectivity index (χ1v) is 10.1. The van der Waals surface area contributed by atoms with Crippen LogP contribution in [-0.2, 0) is 14.3 Å². The van der Waals surface area contributed by atoms with Crippen LogP contribution in [0, 0.1) is 19.7 Å². The van der Waals surface area contributed by atoms with Gasteiger partial charge in [0.2, 0.25) is 11.8 Å². The maximum absolute atomic E-state index is 13.4. The lowest BCUT2D eigenvalue weighted by atomic mass is 10.1.